The van der Waals surface area contributed by atoms with Crippen molar-refractivity contribution in [3.63, 3.8) is 0 Å². The van der Waals surface area contributed by atoms with Gasteiger partial charge in [0.15, 0.2) is 17.5 Å². The van der Waals surface area contributed by atoms with Crippen LogP contribution in [-0.2, 0) is 19.1 Å². The molecular weight excluding hydrogens is 518 g/mol. The van der Waals surface area contributed by atoms with Gasteiger partial charge in [0.2, 0.25) is 0 Å². The Morgan fingerprint density at radius 3 is 1.50 bits per heavy atom. The Balaban J connectivity index is 1.64. The number of hydrogen-bond donors (Lipinski definition) is 2. The monoisotopic (exact) mass is 545 g/mol. The lowest BCUT2D eigenvalue weighted by Gasteiger charge is -2.12. The largest absolute Gasteiger partial charge is 0.507 e. The van der Waals surface area contributed by atoms with Gasteiger partial charge in [-0.05, 0) is 24.3 Å². The lowest BCUT2D eigenvalue weighted by atomic mass is 10.1. The van der Waals surface area contributed by atoms with Crippen molar-refractivity contribution in [2.24, 2.45) is 0 Å². The minimum absolute atomic E-state index is 0.0780. The molecule has 1 aromatic heterocycles. The first-order chi connectivity index (χ1) is 19.3. The van der Waals surface area contributed by atoms with Gasteiger partial charge in [-0.1, -0.05) is 30.3 Å². The van der Waals surface area contributed by atoms with E-state index < -0.39 is 11.9 Å². The van der Waals surface area contributed by atoms with E-state index in [1.165, 1.54) is 26.0 Å². The summed E-state index contributed by atoms with van der Waals surface area (Å²) in [6.07, 6.45) is 0. The molecule has 0 unspecified atom stereocenters. The quantitative estimate of drug-likeness (QED) is 0.206. The summed E-state index contributed by atoms with van der Waals surface area (Å²) in [5.74, 6) is 0.332. The number of phenols is 2. The second-order valence-corrected chi connectivity index (χ2v) is 8.41. The van der Waals surface area contributed by atoms with Crippen molar-refractivity contribution in [1.82, 2.24) is 15.0 Å². The highest BCUT2D eigenvalue weighted by molar-refractivity contribution is 5.72. The summed E-state index contributed by atoms with van der Waals surface area (Å²) in [5, 5.41) is 21.6. The number of nitrogens with zero attached hydrogens (tertiary/aromatic N) is 3. The Labute approximate surface area is 230 Å². The molecule has 2 N–H and O–H groups in total. The molecule has 0 saturated carbocycles. The molecule has 206 valence electrons. The van der Waals surface area contributed by atoms with Gasteiger partial charge in [-0.25, -0.2) is 15.0 Å². The lowest BCUT2D eigenvalue weighted by molar-refractivity contribution is -0.142. The van der Waals surface area contributed by atoms with Crippen molar-refractivity contribution in [3.8, 4) is 57.2 Å². The summed E-state index contributed by atoms with van der Waals surface area (Å²) in [7, 11) is 0. The third-order valence-electron chi connectivity index (χ3n) is 5.40. The highest BCUT2D eigenvalue weighted by atomic mass is 16.6. The summed E-state index contributed by atoms with van der Waals surface area (Å²) < 4.78 is 20.8. The van der Waals surface area contributed by atoms with Crippen LogP contribution in [0.5, 0.6) is 23.0 Å². The normalized spacial score (nSPS) is 10.6. The zero-order valence-corrected chi connectivity index (χ0v) is 21.9. The molecule has 11 heteroatoms. The van der Waals surface area contributed by atoms with Gasteiger partial charge in [0.05, 0.1) is 11.1 Å². The molecule has 3 aromatic carbocycles. The fourth-order valence-electron chi connectivity index (χ4n) is 3.60. The Morgan fingerprint density at radius 1 is 0.625 bits per heavy atom. The van der Waals surface area contributed by atoms with Crippen LogP contribution in [-0.4, -0.2) is 63.5 Å². The SMILES string of the molecule is CC(=O)OCCOc1ccc(-c2nc(-c3ccccc3)nc(-c3ccc(OCCOC(C)=O)cc3O)n2)c(O)c1. The van der Waals surface area contributed by atoms with Crippen LogP contribution in [0.15, 0.2) is 66.7 Å². The molecule has 0 aliphatic rings. The highest BCUT2D eigenvalue weighted by Gasteiger charge is 2.17. The molecule has 0 aliphatic heterocycles. The number of carbonyl (C=O) groups excluding carboxylic acids is 2. The highest BCUT2D eigenvalue weighted by Crippen LogP contribution is 2.35. The molecule has 0 amide bonds. The second-order valence-electron chi connectivity index (χ2n) is 8.41. The standard InChI is InChI=1S/C29H27N3O8/c1-18(33)37-12-14-39-21-8-10-23(25(35)16-21)28-30-27(20-6-4-3-5-7-20)31-29(32-28)24-11-9-22(17-26(24)36)40-15-13-38-19(2)34/h3-11,16-17,35-36H,12-15H2,1-2H3. The number of carbonyl (C=O) groups is 2. The fraction of sp³-hybridized carbons (Fsp3) is 0.207. The predicted octanol–water partition coefficient (Wildman–Crippen LogP) is 4.17. The van der Waals surface area contributed by atoms with Crippen LogP contribution in [0, 0.1) is 0 Å². The van der Waals surface area contributed by atoms with Gasteiger partial charge in [-0.3, -0.25) is 9.59 Å². The van der Waals surface area contributed by atoms with E-state index in [2.05, 4.69) is 15.0 Å². The number of phenolic OH excluding ortho intramolecular Hbond substituents is 2. The molecule has 11 nitrogen and oxygen atoms in total. The number of ether oxygens (including phenoxy) is 4. The Morgan fingerprint density at radius 2 is 1.07 bits per heavy atom. The average Bonchev–Trinajstić information content (AvgIpc) is 2.93. The predicted molar refractivity (Wildman–Crippen MR) is 144 cm³/mol. The summed E-state index contributed by atoms with van der Waals surface area (Å²) in [4.78, 5) is 35.5. The molecular formula is C29H27N3O8. The van der Waals surface area contributed by atoms with Gasteiger partial charge in [0.1, 0.15) is 49.4 Å². The van der Waals surface area contributed by atoms with Crippen LogP contribution in [0.3, 0.4) is 0 Å². The van der Waals surface area contributed by atoms with Gasteiger partial charge in [0.25, 0.3) is 0 Å². The lowest BCUT2D eigenvalue weighted by Crippen LogP contribution is -2.09. The van der Waals surface area contributed by atoms with E-state index in [1.807, 2.05) is 30.3 Å². The minimum Gasteiger partial charge on any atom is -0.507 e. The topological polar surface area (TPSA) is 150 Å². The number of rotatable bonds is 11. The van der Waals surface area contributed by atoms with Crippen LogP contribution < -0.4 is 9.47 Å². The molecule has 0 radical (unpaired) electrons. The molecule has 1 heterocycles. The van der Waals surface area contributed by atoms with Gasteiger partial charge in [-0.2, -0.15) is 0 Å². The number of esters is 2. The Bertz CT molecular complexity index is 1400. The van der Waals surface area contributed by atoms with Gasteiger partial charge >= 0.3 is 11.9 Å². The zero-order valence-electron chi connectivity index (χ0n) is 21.9. The maximum atomic E-state index is 10.9. The first-order valence-corrected chi connectivity index (χ1v) is 12.3. The smallest absolute Gasteiger partial charge is 0.302 e. The van der Waals surface area contributed by atoms with Crippen LogP contribution >= 0.6 is 0 Å². The van der Waals surface area contributed by atoms with Crippen molar-refractivity contribution < 1.29 is 38.7 Å². The van der Waals surface area contributed by atoms with Gasteiger partial charge < -0.3 is 29.2 Å². The Kier molecular flexibility index (Phi) is 9.08. The molecule has 0 fully saturated rings. The average molecular weight is 546 g/mol. The van der Waals surface area contributed by atoms with E-state index in [1.54, 1.807) is 24.3 Å². The van der Waals surface area contributed by atoms with E-state index in [9.17, 15) is 19.8 Å². The third kappa shape index (κ3) is 7.44. The number of aromatic nitrogens is 3. The summed E-state index contributed by atoms with van der Waals surface area (Å²) in [5.41, 5.74) is 1.35. The fourth-order valence-corrected chi connectivity index (χ4v) is 3.60. The van der Waals surface area contributed by atoms with E-state index in [0.29, 0.717) is 34.0 Å². The molecule has 0 bridgehead atoms. The second kappa shape index (κ2) is 13.1. The summed E-state index contributed by atoms with van der Waals surface area (Å²) in [6.45, 7) is 3.01. The summed E-state index contributed by atoms with van der Waals surface area (Å²) in [6, 6.07) is 18.5. The van der Waals surface area contributed by atoms with E-state index in [-0.39, 0.29) is 49.6 Å². The van der Waals surface area contributed by atoms with E-state index in [4.69, 9.17) is 18.9 Å². The number of aromatic hydroxyl groups is 2. The molecule has 0 atom stereocenters. The molecule has 4 rings (SSSR count). The van der Waals surface area contributed by atoms with E-state index >= 15 is 0 Å². The van der Waals surface area contributed by atoms with Gasteiger partial charge in [0, 0.05) is 31.5 Å². The van der Waals surface area contributed by atoms with Crippen LogP contribution in [0.1, 0.15) is 13.8 Å². The van der Waals surface area contributed by atoms with Crippen LogP contribution in [0.25, 0.3) is 34.2 Å². The first kappa shape index (κ1) is 27.8. The van der Waals surface area contributed by atoms with Gasteiger partial charge in [-0.15, -0.1) is 0 Å². The van der Waals surface area contributed by atoms with Crippen molar-refractivity contribution in [2.75, 3.05) is 26.4 Å². The molecule has 0 aliphatic carbocycles. The summed E-state index contributed by atoms with van der Waals surface area (Å²) >= 11 is 0. The molecule has 40 heavy (non-hydrogen) atoms. The molecule has 4 aromatic rings. The first-order valence-electron chi connectivity index (χ1n) is 12.3. The third-order valence-corrected chi connectivity index (χ3v) is 5.40. The number of benzene rings is 3. The molecule has 0 spiro atoms. The van der Waals surface area contributed by atoms with E-state index in [0.717, 1.165) is 0 Å². The molecule has 0 saturated heterocycles. The minimum atomic E-state index is -0.408. The van der Waals surface area contributed by atoms with Crippen molar-refractivity contribution in [3.05, 3.63) is 66.7 Å². The maximum Gasteiger partial charge on any atom is 0.302 e. The van der Waals surface area contributed by atoms with Crippen molar-refractivity contribution >= 4 is 11.9 Å². The maximum absolute atomic E-state index is 10.9. The van der Waals surface area contributed by atoms with Crippen molar-refractivity contribution in [1.29, 1.82) is 0 Å². The van der Waals surface area contributed by atoms with Crippen LogP contribution in [0.4, 0.5) is 0 Å². The van der Waals surface area contributed by atoms with Crippen LogP contribution in [0.2, 0.25) is 0 Å². The zero-order chi connectivity index (χ0) is 28.5. The Hall–Kier alpha value is -5.19. The number of hydrogen-bond acceptors (Lipinski definition) is 11. The van der Waals surface area contributed by atoms with Crippen molar-refractivity contribution in [2.45, 2.75) is 13.8 Å².